The molecule has 1 aliphatic carbocycles. The van der Waals surface area contributed by atoms with Crippen LogP contribution in [0.15, 0.2) is 0 Å². The molecule has 2 N–H and O–H groups in total. The summed E-state index contributed by atoms with van der Waals surface area (Å²) in [5.74, 6) is 0.680. The first-order chi connectivity index (χ1) is 7.83. The Morgan fingerprint density at radius 3 is 2.88 bits per heavy atom. The number of nitrogens with two attached hydrogens (primary N) is 1. The zero-order chi connectivity index (χ0) is 11.4. The molecule has 1 aliphatic rings. The third-order valence-corrected chi connectivity index (χ3v) is 4.08. The van der Waals surface area contributed by atoms with Gasteiger partial charge in [-0.2, -0.15) is 0 Å². The Labute approximate surface area is 100 Å². The molecule has 0 amide bonds. The van der Waals surface area contributed by atoms with Crippen LogP contribution in [0.1, 0.15) is 44.0 Å². The molecule has 0 bridgehead atoms. The lowest BCUT2D eigenvalue weighted by molar-refractivity contribution is 0.0893. The molecule has 1 heterocycles. The van der Waals surface area contributed by atoms with Crippen molar-refractivity contribution in [3.63, 3.8) is 0 Å². The third-order valence-electron chi connectivity index (χ3n) is 3.24. The van der Waals surface area contributed by atoms with E-state index in [2.05, 4.69) is 17.1 Å². The lowest BCUT2D eigenvalue weighted by Crippen LogP contribution is -2.29. The van der Waals surface area contributed by atoms with Gasteiger partial charge in [-0.1, -0.05) is 29.8 Å². The molecule has 5 heteroatoms. The molecule has 2 atom stereocenters. The van der Waals surface area contributed by atoms with Crippen molar-refractivity contribution in [3.8, 4) is 5.19 Å². The number of hydrogen-bond acceptors (Lipinski definition) is 5. The molecule has 1 fully saturated rings. The molecular weight excluding hydrogens is 222 g/mol. The van der Waals surface area contributed by atoms with Crippen LogP contribution in [0.2, 0.25) is 0 Å². The third kappa shape index (κ3) is 2.71. The molecule has 0 saturated heterocycles. The van der Waals surface area contributed by atoms with Crippen molar-refractivity contribution in [1.82, 2.24) is 10.2 Å². The monoisotopic (exact) mass is 241 g/mol. The van der Waals surface area contributed by atoms with Crippen LogP contribution >= 0.6 is 11.3 Å². The van der Waals surface area contributed by atoms with Crippen LogP contribution in [0.5, 0.6) is 5.19 Å². The molecule has 1 saturated carbocycles. The standard InChI is InChI=1S/C11H19N3OS/c1-2-8-5-3-4-6-9(8)15-11-14-13-10(7-12)16-11/h8-9H,2-7,12H2,1H3. The van der Waals surface area contributed by atoms with Crippen molar-refractivity contribution in [2.45, 2.75) is 51.7 Å². The van der Waals surface area contributed by atoms with E-state index in [0.717, 1.165) is 11.4 Å². The predicted molar refractivity (Wildman–Crippen MR) is 64.5 cm³/mol. The van der Waals surface area contributed by atoms with Crippen molar-refractivity contribution in [3.05, 3.63) is 5.01 Å². The molecule has 0 radical (unpaired) electrons. The molecule has 1 aromatic rings. The highest BCUT2D eigenvalue weighted by Gasteiger charge is 2.26. The highest BCUT2D eigenvalue weighted by molar-refractivity contribution is 7.13. The Balaban J connectivity index is 1.96. The molecule has 0 spiro atoms. The molecule has 4 nitrogen and oxygen atoms in total. The van der Waals surface area contributed by atoms with Crippen LogP contribution in [-0.4, -0.2) is 16.3 Å². The normalized spacial score (nSPS) is 25.6. The number of nitrogens with zero attached hydrogens (tertiary/aromatic N) is 2. The maximum Gasteiger partial charge on any atom is 0.294 e. The van der Waals surface area contributed by atoms with Crippen LogP contribution in [0.3, 0.4) is 0 Å². The first-order valence-corrected chi connectivity index (χ1v) is 6.84. The quantitative estimate of drug-likeness (QED) is 0.879. The van der Waals surface area contributed by atoms with Gasteiger partial charge >= 0.3 is 0 Å². The minimum Gasteiger partial charge on any atom is -0.465 e. The van der Waals surface area contributed by atoms with Gasteiger partial charge in [0.05, 0.1) is 0 Å². The maximum absolute atomic E-state index is 5.93. The summed E-state index contributed by atoms with van der Waals surface area (Å²) in [5.41, 5.74) is 5.50. The Bertz CT molecular complexity index is 329. The van der Waals surface area contributed by atoms with E-state index in [9.17, 15) is 0 Å². The van der Waals surface area contributed by atoms with Crippen molar-refractivity contribution in [1.29, 1.82) is 0 Å². The van der Waals surface area contributed by atoms with E-state index >= 15 is 0 Å². The SMILES string of the molecule is CCC1CCCCC1Oc1nnc(CN)s1. The van der Waals surface area contributed by atoms with Gasteiger partial charge < -0.3 is 10.5 Å². The topological polar surface area (TPSA) is 61.0 Å². The number of hydrogen-bond donors (Lipinski definition) is 1. The molecule has 2 rings (SSSR count). The maximum atomic E-state index is 5.93. The number of rotatable bonds is 4. The van der Waals surface area contributed by atoms with Gasteiger partial charge in [-0.3, -0.25) is 0 Å². The van der Waals surface area contributed by atoms with Gasteiger partial charge in [0.15, 0.2) is 0 Å². The van der Waals surface area contributed by atoms with Crippen LogP contribution in [0.4, 0.5) is 0 Å². The van der Waals surface area contributed by atoms with E-state index in [1.54, 1.807) is 0 Å². The Hall–Kier alpha value is -0.680. The average molecular weight is 241 g/mol. The highest BCUT2D eigenvalue weighted by atomic mass is 32.1. The summed E-state index contributed by atoms with van der Waals surface area (Å²) in [6.07, 6.45) is 6.55. The smallest absolute Gasteiger partial charge is 0.294 e. The van der Waals surface area contributed by atoms with Gasteiger partial charge in [0, 0.05) is 6.54 Å². The summed E-state index contributed by atoms with van der Waals surface area (Å²) in [6, 6.07) is 0. The second-order valence-electron chi connectivity index (χ2n) is 4.27. The molecule has 2 unspecified atom stereocenters. The summed E-state index contributed by atoms with van der Waals surface area (Å²) >= 11 is 1.47. The lowest BCUT2D eigenvalue weighted by atomic mass is 9.85. The molecule has 1 aromatic heterocycles. The zero-order valence-corrected chi connectivity index (χ0v) is 10.5. The molecule has 0 aromatic carbocycles. The second-order valence-corrected chi connectivity index (χ2v) is 5.30. The average Bonchev–Trinajstić information content (AvgIpc) is 2.77. The van der Waals surface area contributed by atoms with Crippen molar-refractivity contribution < 1.29 is 4.74 Å². The van der Waals surface area contributed by atoms with Gasteiger partial charge in [0.1, 0.15) is 11.1 Å². The fraction of sp³-hybridized carbons (Fsp3) is 0.818. The van der Waals surface area contributed by atoms with Crippen LogP contribution in [-0.2, 0) is 6.54 Å². The summed E-state index contributed by atoms with van der Waals surface area (Å²) in [5, 5.41) is 9.52. The van der Waals surface area contributed by atoms with Gasteiger partial charge in [0.2, 0.25) is 0 Å². The molecule has 0 aliphatic heterocycles. The first kappa shape index (κ1) is 11.8. The number of aromatic nitrogens is 2. The van der Waals surface area contributed by atoms with E-state index in [0.29, 0.717) is 23.8 Å². The lowest BCUT2D eigenvalue weighted by Gasteiger charge is -2.29. The summed E-state index contributed by atoms with van der Waals surface area (Å²) in [6.45, 7) is 2.68. The van der Waals surface area contributed by atoms with Crippen molar-refractivity contribution in [2.75, 3.05) is 0 Å². The van der Waals surface area contributed by atoms with Crippen molar-refractivity contribution >= 4 is 11.3 Å². The molecule has 90 valence electrons. The second kappa shape index (κ2) is 5.59. The summed E-state index contributed by atoms with van der Waals surface area (Å²) in [7, 11) is 0. The Morgan fingerprint density at radius 2 is 2.19 bits per heavy atom. The van der Waals surface area contributed by atoms with Gasteiger partial charge in [-0.15, -0.1) is 5.10 Å². The van der Waals surface area contributed by atoms with Gasteiger partial charge in [-0.25, -0.2) is 0 Å². The van der Waals surface area contributed by atoms with Gasteiger partial charge in [-0.05, 0) is 31.6 Å². The van der Waals surface area contributed by atoms with E-state index in [-0.39, 0.29) is 0 Å². The largest absolute Gasteiger partial charge is 0.465 e. The Kier molecular flexibility index (Phi) is 4.12. The van der Waals surface area contributed by atoms with Crippen molar-refractivity contribution in [2.24, 2.45) is 11.7 Å². The van der Waals surface area contributed by atoms with E-state index < -0.39 is 0 Å². The Morgan fingerprint density at radius 1 is 1.38 bits per heavy atom. The minimum absolute atomic E-state index is 0.331. The van der Waals surface area contributed by atoms with Crippen LogP contribution < -0.4 is 10.5 Å². The fourth-order valence-electron chi connectivity index (χ4n) is 2.29. The van der Waals surface area contributed by atoms with Crippen LogP contribution in [0, 0.1) is 5.92 Å². The van der Waals surface area contributed by atoms with E-state index in [1.807, 2.05) is 0 Å². The highest BCUT2D eigenvalue weighted by Crippen LogP contribution is 2.31. The fourth-order valence-corrected chi connectivity index (χ4v) is 2.91. The summed E-state index contributed by atoms with van der Waals surface area (Å²) in [4.78, 5) is 0. The zero-order valence-electron chi connectivity index (χ0n) is 9.69. The molecular formula is C11H19N3OS. The minimum atomic E-state index is 0.331. The van der Waals surface area contributed by atoms with Crippen LogP contribution in [0.25, 0.3) is 0 Å². The van der Waals surface area contributed by atoms with Gasteiger partial charge in [0.25, 0.3) is 5.19 Å². The first-order valence-electron chi connectivity index (χ1n) is 6.02. The summed E-state index contributed by atoms with van der Waals surface area (Å²) < 4.78 is 5.93. The molecule has 16 heavy (non-hydrogen) atoms. The van der Waals surface area contributed by atoms with E-state index in [1.165, 1.54) is 37.0 Å². The number of ether oxygens (including phenoxy) is 1. The van der Waals surface area contributed by atoms with E-state index in [4.69, 9.17) is 10.5 Å². The predicted octanol–water partition coefficient (Wildman–Crippen LogP) is 2.34.